The first-order valence-electron chi connectivity index (χ1n) is 10.2. The SMILES string of the molecule is Cc1nc(CCOc2nc(-c3cc(Cl)c4ncccc4c3)c(-c3ccn(C)n3)nc2N)co1. The van der Waals surface area contributed by atoms with Crippen LogP contribution in [0.5, 0.6) is 5.88 Å². The predicted molar refractivity (Wildman–Crippen MR) is 125 cm³/mol. The van der Waals surface area contributed by atoms with Gasteiger partial charge < -0.3 is 14.9 Å². The van der Waals surface area contributed by atoms with E-state index >= 15 is 0 Å². The number of ether oxygens (including phenoxy) is 1. The Morgan fingerprint density at radius 2 is 2.03 bits per heavy atom. The van der Waals surface area contributed by atoms with E-state index < -0.39 is 0 Å². The summed E-state index contributed by atoms with van der Waals surface area (Å²) < 4.78 is 12.8. The number of nitrogens with two attached hydrogens (primary N) is 1. The fourth-order valence-corrected chi connectivity index (χ4v) is 3.80. The maximum Gasteiger partial charge on any atom is 0.257 e. The third kappa shape index (κ3) is 4.22. The van der Waals surface area contributed by atoms with Gasteiger partial charge in [-0.1, -0.05) is 17.7 Å². The molecule has 1 aromatic carbocycles. The number of halogens is 1. The first-order valence-corrected chi connectivity index (χ1v) is 10.6. The van der Waals surface area contributed by atoms with E-state index in [4.69, 9.17) is 31.5 Å². The van der Waals surface area contributed by atoms with E-state index in [-0.39, 0.29) is 11.7 Å². The van der Waals surface area contributed by atoms with E-state index in [9.17, 15) is 0 Å². The average Bonchev–Trinajstić information content (AvgIpc) is 3.42. The van der Waals surface area contributed by atoms with E-state index in [0.717, 1.165) is 16.6 Å². The summed E-state index contributed by atoms with van der Waals surface area (Å²) in [5.41, 5.74) is 10.2. The number of pyridine rings is 1. The molecule has 9 nitrogen and oxygen atoms in total. The van der Waals surface area contributed by atoms with Gasteiger partial charge in [0.05, 0.1) is 22.8 Å². The topological polar surface area (TPSA) is 118 Å². The molecule has 166 valence electrons. The molecule has 0 aliphatic heterocycles. The Bertz CT molecular complexity index is 1460. The van der Waals surface area contributed by atoms with Gasteiger partial charge in [0.25, 0.3) is 5.88 Å². The van der Waals surface area contributed by atoms with Crippen LogP contribution in [0.15, 0.2) is 53.4 Å². The second kappa shape index (κ2) is 8.51. The summed E-state index contributed by atoms with van der Waals surface area (Å²) in [6, 6.07) is 9.43. The van der Waals surface area contributed by atoms with Crippen molar-refractivity contribution in [1.82, 2.24) is 29.7 Å². The lowest BCUT2D eigenvalue weighted by Gasteiger charge is -2.13. The minimum Gasteiger partial charge on any atom is -0.475 e. The van der Waals surface area contributed by atoms with Crippen LogP contribution in [0.25, 0.3) is 33.5 Å². The van der Waals surface area contributed by atoms with Gasteiger partial charge in [0, 0.05) is 43.7 Å². The zero-order valence-electron chi connectivity index (χ0n) is 18.0. The molecule has 5 rings (SSSR count). The summed E-state index contributed by atoms with van der Waals surface area (Å²) in [6.07, 6.45) is 5.69. The number of oxazole rings is 1. The molecule has 0 saturated carbocycles. The van der Waals surface area contributed by atoms with Crippen LogP contribution in [0.4, 0.5) is 5.82 Å². The van der Waals surface area contributed by atoms with Crippen molar-refractivity contribution in [2.75, 3.05) is 12.3 Å². The smallest absolute Gasteiger partial charge is 0.257 e. The van der Waals surface area contributed by atoms with Crippen LogP contribution in [0, 0.1) is 6.92 Å². The van der Waals surface area contributed by atoms with Crippen LogP contribution < -0.4 is 10.5 Å². The van der Waals surface area contributed by atoms with Crippen molar-refractivity contribution in [3.05, 3.63) is 65.6 Å². The van der Waals surface area contributed by atoms with Crippen LogP contribution in [-0.2, 0) is 13.5 Å². The highest BCUT2D eigenvalue weighted by molar-refractivity contribution is 6.35. The average molecular weight is 462 g/mol. The molecular formula is C23H20ClN7O2. The molecule has 0 spiro atoms. The van der Waals surface area contributed by atoms with E-state index in [0.29, 0.717) is 46.5 Å². The van der Waals surface area contributed by atoms with Gasteiger partial charge in [-0.05, 0) is 24.3 Å². The van der Waals surface area contributed by atoms with Gasteiger partial charge in [-0.15, -0.1) is 0 Å². The molecule has 2 N–H and O–H groups in total. The third-order valence-corrected chi connectivity index (χ3v) is 5.33. The summed E-state index contributed by atoms with van der Waals surface area (Å²) in [6.45, 7) is 2.11. The molecule has 0 bridgehead atoms. The predicted octanol–water partition coefficient (Wildman–Crippen LogP) is 4.25. The van der Waals surface area contributed by atoms with Crippen molar-refractivity contribution in [3.8, 4) is 28.5 Å². The van der Waals surface area contributed by atoms with Crippen LogP contribution in [-0.4, -0.2) is 36.3 Å². The Labute approximate surface area is 194 Å². The second-order valence-electron chi connectivity index (χ2n) is 7.48. The van der Waals surface area contributed by atoms with Gasteiger partial charge in [-0.3, -0.25) is 9.67 Å². The number of aromatic nitrogens is 6. The first kappa shape index (κ1) is 20.9. The van der Waals surface area contributed by atoms with Crippen molar-refractivity contribution in [2.45, 2.75) is 13.3 Å². The molecular weight excluding hydrogens is 442 g/mol. The highest BCUT2D eigenvalue weighted by Gasteiger charge is 2.19. The Balaban J connectivity index is 1.57. The minimum absolute atomic E-state index is 0.171. The molecule has 5 aromatic rings. The molecule has 10 heteroatoms. The molecule has 0 aliphatic rings. The molecule has 0 aliphatic carbocycles. The molecule has 0 unspecified atom stereocenters. The lowest BCUT2D eigenvalue weighted by molar-refractivity contribution is 0.309. The molecule has 0 atom stereocenters. The molecule has 4 heterocycles. The summed E-state index contributed by atoms with van der Waals surface area (Å²) in [5.74, 6) is 1.01. The van der Waals surface area contributed by atoms with Crippen LogP contribution in [0.3, 0.4) is 0 Å². The largest absolute Gasteiger partial charge is 0.475 e. The van der Waals surface area contributed by atoms with Crippen LogP contribution >= 0.6 is 11.6 Å². The Hall–Kier alpha value is -3.98. The van der Waals surface area contributed by atoms with Crippen molar-refractivity contribution in [3.63, 3.8) is 0 Å². The molecule has 33 heavy (non-hydrogen) atoms. The van der Waals surface area contributed by atoms with Crippen molar-refractivity contribution >= 4 is 28.3 Å². The van der Waals surface area contributed by atoms with Crippen LogP contribution in [0.2, 0.25) is 5.02 Å². The maximum atomic E-state index is 6.54. The Kier molecular flexibility index (Phi) is 5.39. The number of anilines is 1. The summed E-state index contributed by atoms with van der Waals surface area (Å²) >= 11 is 6.54. The number of hydrogen-bond donors (Lipinski definition) is 1. The number of rotatable bonds is 6. The van der Waals surface area contributed by atoms with Crippen molar-refractivity contribution in [2.24, 2.45) is 7.05 Å². The van der Waals surface area contributed by atoms with Gasteiger partial charge in [0.15, 0.2) is 11.7 Å². The number of fused-ring (bicyclic) bond motifs is 1. The van der Waals surface area contributed by atoms with Gasteiger partial charge in [-0.25, -0.2) is 15.0 Å². The van der Waals surface area contributed by atoms with E-state index in [1.165, 1.54) is 0 Å². The van der Waals surface area contributed by atoms with Crippen molar-refractivity contribution in [1.29, 1.82) is 0 Å². The second-order valence-corrected chi connectivity index (χ2v) is 7.88. The lowest BCUT2D eigenvalue weighted by Crippen LogP contribution is -2.08. The maximum absolute atomic E-state index is 6.54. The molecule has 0 radical (unpaired) electrons. The Morgan fingerprint density at radius 1 is 1.15 bits per heavy atom. The third-order valence-electron chi connectivity index (χ3n) is 5.04. The van der Waals surface area contributed by atoms with Gasteiger partial charge in [-0.2, -0.15) is 5.10 Å². The fourth-order valence-electron chi connectivity index (χ4n) is 3.52. The monoisotopic (exact) mass is 461 g/mol. The zero-order valence-corrected chi connectivity index (χ0v) is 18.7. The lowest BCUT2D eigenvalue weighted by atomic mass is 10.0. The van der Waals surface area contributed by atoms with E-state index in [1.54, 1.807) is 24.1 Å². The standard InChI is InChI=1S/C23H20ClN7O2/c1-13-27-16(12-33-13)6-9-32-23-22(25)28-21(18-5-8-31(2)30-18)20(29-23)15-10-14-4-3-7-26-19(14)17(24)11-15/h3-5,7-8,10-12H,6,9H2,1-2H3,(H2,25,28). The van der Waals surface area contributed by atoms with Gasteiger partial charge in [0.2, 0.25) is 0 Å². The highest BCUT2D eigenvalue weighted by Crippen LogP contribution is 2.35. The van der Waals surface area contributed by atoms with E-state index in [1.807, 2.05) is 43.6 Å². The van der Waals surface area contributed by atoms with E-state index in [2.05, 4.69) is 20.1 Å². The summed E-state index contributed by atoms with van der Waals surface area (Å²) in [7, 11) is 1.83. The normalized spacial score (nSPS) is 11.2. The number of nitrogen functional groups attached to an aromatic ring is 1. The zero-order chi connectivity index (χ0) is 22.9. The van der Waals surface area contributed by atoms with Crippen LogP contribution in [0.1, 0.15) is 11.6 Å². The molecule has 0 saturated heterocycles. The molecule has 4 aromatic heterocycles. The summed E-state index contributed by atoms with van der Waals surface area (Å²) in [5, 5.41) is 5.88. The molecule has 0 amide bonds. The summed E-state index contributed by atoms with van der Waals surface area (Å²) in [4.78, 5) is 18.0. The number of benzene rings is 1. The van der Waals surface area contributed by atoms with Crippen molar-refractivity contribution < 1.29 is 9.15 Å². The Morgan fingerprint density at radius 3 is 2.79 bits per heavy atom. The molecule has 0 fully saturated rings. The first-order chi connectivity index (χ1) is 16.0. The quantitative estimate of drug-likeness (QED) is 0.398. The minimum atomic E-state index is 0.171. The van der Waals surface area contributed by atoms with Gasteiger partial charge >= 0.3 is 0 Å². The number of hydrogen-bond acceptors (Lipinski definition) is 8. The fraction of sp³-hybridized carbons (Fsp3) is 0.174. The van der Waals surface area contributed by atoms with Gasteiger partial charge in [0.1, 0.15) is 23.3 Å². The highest BCUT2D eigenvalue weighted by atomic mass is 35.5. The number of aryl methyl sites for hydroxylation is 2. The number of nitrogens with zero attached hydrogens (tertiary/aromatic N) is 6.